The quantitative estimate of drug-likeness (QED) is 0.587. The van der Waals surface area contributed by atoms with Crippen LogP contribution < -0.4 is 16.1 Å². The fraction of sp³-hybridized carbons (Fsp3) is 0.214. The van der Waals surface area contributed by atoms with Gasteiger partial charge < -0.3 is 15.2 Å². The monoisotopic (exact) mass is 317 g/mol. The van der Waals surface area contributed by atoms with Gasteiger partial charge in [-0.1, -0.05) is 30.0 Å². The average molecular weight is 317 g/mol. The van der Waals surface area contributed by atoms with E-state index < -0.39 is 0 Å². The van der Waals surface area contributed by atoms with Crippen molar-refractivity contribution in [2.75, 3.05) is 16.4 Å². The van der Waals surface area contributed by atoms with Crippen LogP contribution in [0.3, 0.4) is 0 Å². The lowest BCUT2D eigenvalue weighted by atomic mass is 10.3. The van der Waals surface area contributed by atoms with Crippen LogP contribution in [0.5, 0.6) is 0 Å². The number of hydrogen-bond acceptors (Lipinski definition) is 4. The zero-order chi connectivity index (χ0) is 14.7. The maximum absolute atomic E-state index is 8.06. The molecule has 0 bridgehead atoms. The van der Waals surface area contributed by atoms with E-state index in [0.29, 0.717) is 16.4 Å². The van der Waals surface area contributed by atoms with E-state index in [1.807, 2.05) is 34.9 Å². The van der Waals surface area contributed by atoms with Crippen LogP contribution >= 0.6 is 24.0 Å². The lowest BCUT2D eigenvalue weighted by Crippen LogP contribution is -2.28. The third-order valence-electron chi connectivity index (χ3n) is 3.04. The molecule has 2 aromatic rings. The van der Waals surface area contributed by atoms with E-state index in [4.69, 9.17) is 17.6 Å². The fourth-order valence-corrected chi connectivity index (χ4v) is 3.27. The van der Waals surface area contributed by atoms with Crippen molar-refractivity contribution < 1.29 is 0 Å². The Bertz CT molecular complexity index is 711. The first-order valence-electron chi connectivity index (χ1n) is 6.65. The number of fused-ring (bicyclic) bond motifs is 1. The van der Waals surface area contributed by atoms with Crippen molar-refractivity contribution in [1.82, 2.24) is 9.55 Å². The molecule has 0 aliphatic carbocycles. The van der Waals surface area contributed by atoms with Crippen molar-refractivity contribution in [3.63, 3.8) is 0 Å². The first-order chi connectivity index (χ1) is 10.2. The van der Waals surface area contributed by atoms with Crippen molar-refractivity contribution in [3.05, 3.63) is 41.9 Å². The summed E-state index contributed by atoms with van der Waals surface area (Å²) >= 11 is 6.96. The Labute approximate surface area is 132 Å². The zero-order valence-electron chi connectivity index (χ0n) is 11.3. The number of hydrogen-bond donors (Lipinski definition) is 3. The van der Waals surface area contributed by atoms with Gasteiger partial charge in [0, 0.05) is 24.1 Å². The molecule has 1 aromatic heterocycles. The van der Waals surface area contributed by atoms with Gasteiger partial charge in [-0.05, 0) is 30.8 Å². The van der Waals surface area contributed by atoms with Crippen LogP contribution in [0.1, 0.15) is 6.42 Å². The maximum Gasteiger partial charge on any atom is 0.176 e. The third kappa shape index (κ3) is 3.43. The van der Waals surface area contributed by atoms with Gasteiger partial charge in [0.15, 0.2) is 10.3 Å². The summed E-state index contributed by atoms with van der Waals surface area (Å²) in [6, 6.07) is 11.4. The molecule has 7 heteroatoms. The Morgan fingerprint density at radius 1 is 1.29 bits per heavy atom. The number of thiocarbonyl (C=S) groups is 1. The van der Waals surface area contributed by atoms with Gasteiger partial charge in [0.05, 0.1) is 0 Å². The van der Waals surface area contributed by atoms with Gasteiger partial charge in [-0.25, -0.2) is 4.98 Å². The molecule has 21 heavy (non-hydrogen) atoms. The second-order valence-electron chi connectivity index (χ2n) is 4.61. The van der Waals surface area contributed by atoms with Gasteiger partial charge in [0.25, 0.3) is 0 Å². The first-order valence-corrected chi connectivity index (χ1v) is 8.04. The standard InChI is InChI=1S/C14H15N5S2/c15-11-9-12(18-14-19(11)7-4-8-21-14)17-13(20)16-10-5-2-1-3-6-10/h1-3,5-6,9,15H,4,7-8H2,(H2,16,17,20). The van der Waals surface area contributed by atoms with Gasteiger partial charge in [0.1, 0.15) is 11.3 Å². The van der Waals surface area contributed by atoms with Crippen LogP contribution in [0.4, 0.5) is 11.5 Å². The van der Waals surface area contributed by atoms with E-state index in [-0.39, 0.29) is 0 Å². The molecule has 5 nitrogen and oxygen atoms in total. The van der Waals surface area contributed by atoms with Crippen LogP contribution in [0.2, 0.25) is 0 Å². The zero-order valence-corrected chi connectivity index (χ0v) is 12.9. The van der Waals surface area contributed by atoms with E-state index in [9.17, 15) is 0 Å². The molecular formula is C14H15N5S2. The van der Waals surface area contributed by atoms with Gasteiger partial charge in [-0.15, -0.1) is 0 Å². The third-order valence-corrected chi connectivity index (χ3v) is 4.31. The first kappa shape index (κ1) is 14.1. The fourth-order valence-electron chi connectivity index (χ4n) is 2.08. The van der Waals surface area contributed by atoms with Crippen LogP contribution in [0.15, 0.2) is 41.6 Å². The number of para-hydroxylation sites is 1. The topological polar surface area (TPSA) is 65.7 Å². The molecule has 3 N–H and O–H groups in total. The predicted octanol–water partition coefficient (Wildman–Crippen LogP) is 2.67. The largest absolute Gasteiger partial charge is 0.332 e. The summed E-state index contributed by atoms with van der Waals surface area (Å²) < 4.78 is 1.92. The number of aromatic nitrogens is 2. The summed E-state index contributed by atoms with van der Waals surface area (Å²) in [6.45, 7) is 0.862. The second kappa shape index (κ2) is 6.28. The van der Waals surface area contributed by atoms with Crippen molar-refractivity contribution in [1.29, 1.82) is 5.41 Å². The van der Waals surface area contributed by atoms with Crippen molar-refractivity contribution in [3.8, 4) is 0 Å². The van der Waals surface area contributed by atoms with E-state index in [2.05, 4.69) is 15.6 Å². The molecule has 1 aliphatic rings. The normalized spacial score (nSPS) is 13.3. The van der Waals surface area contributed by atoms with Crippen molar-refractivity contribution in [2.24, 2.45) is 0 Å². The van der Waals surface area contributed by atoms with Crippen molar-refractivity contribution in [2.45, 2.75) is 18.1 Å². The van der Waals surface area contributed by atoms with E-state index >= 15 is 0 Å². The van der Waals surface area contributed by atoms with Crippen LogP contribution in [0, 0.1) is 5.41 Å². The van der Waals surface area contributed by atoms with Gasteiger partial charge in [-0.3, -0.25) is 5.41 Å². The lowest BCUT2D eigenvalue weighted by Gasteiger charge is -2.18. The Kier molecular flexibility index (Phi) is 4.21. The number of nitrogens with zero attached hydrogens (tertiary/aromatic N) is 2. The molecule has 0 spiro atoms. The molecule has 0 saturated carbocycles. The molecule has 3 rings (SSSR count). The van der Waals surface area contributed by atoms with Crippen LogP contribution in [-0.2, 0) is 6.54 Å². The molecule has 1 aliphatic heterocycles. The molecule has 0 amide bonds. The molecular weight excluding hydrogens is 302 g/mol. The van der Waals surface area contributed by atoms with Gasteiger partial charge >= 0.3 is 0 Å². The minimum absolute atomic E-state index is 0.456. The van der Waals surface area contributed by atoms with E-state index in [0.717, 1.165) is 29.6 Å². The van der Waals surface area contributed by atoms with Crippen LogP contribution in [0.25, 0.3) is 0 Å². The molecule has 2 heterocycles. The highest BCUT2D eigenvalue weighted by Crippen LogP contribution is 2.21. The summed E-state index contributed by atoms with van der Waals surface area (Å²) in [5.41, 5.74) is 1.38. The number of nitrogens with one attached hydrogen (secondary N) is 3. The highest BCUT2D eigenvalue weighted by atomic mass is 32.2. The van der Waals surface area contributed by atoms with Gasteiger partial charge in [-0.2, -0.15) is 0 Å². The Hall–Kier alpha value is -1.86. The molecule has 108 valence electrons. The minimum atomic E-state index is 0.456. The minimum Gasteiger partial charge on any atom is -0.332 e. The molecule has 0 atom stereocenters. The van der Waals surface area contributed by atoms with E-state index in [1.165, 1.54) is 0 Å². The SMILES string of the molecule is N=c1cc(NC(=S)Nc2ccccc2)nc2n1CCCS2. The molecule has 0 saturated heterocycles. The van der Waals surface area contributed by atoms with Crippen LogP contribution in [-0.4, -0.2) is 20.4 Å². The maximum atomic E-state index is 8.06. The smallest absolute Gasteiger partial charge is 0.176 e. The number of rotatable bonds is 2. The average Bonchev–Trinajstić information content (AvgIpc) is 2.48. The summed E-state index contributed by atoms with van der Waals surface area (Å²) in [6.07, 6.45) is 1.08. The summed E-state index contributed by atoms with van der Waals surface area (Å²) in [5.74, 6) is 1.65. The van der Waals surface area contributed by atoms with Gasteiger partial charge in [0.2, 0.25) is 0 Å². The molecule has 0 radical (unpaired) electrons. The number of benzene rings is 1. The Balaban J connectivity index is 1.74. The summed E-state index contributed by atoms with van der Waals surface area (Å²) in [4.78, 5) is 4.52. The van der Waals surface area contributed by atoms with E-state index in [1.54, 1.807) is 17.8 Å². The summed E-state index contributed by atoms with van der Waals surface area (Å²) in [7, 11) is 0. The lowest BCUT2D eigenvalue weighted by molar-refractivity contribution is 0.551. The number of thioether (sulfide) groups is 1. The predicted molar refractivity (Wildman–Crippen MR) is 89.7 cm³/mol. The van der Waals surface area contributed by atoms with Crippen molar-refractivity contribution >= 4 is 40.6 Å². The molecule has 1 aromatic carbocycles. The number of anilines is 2. The molecule has 0 fully saturated rings. The Morgan fingerprint density at radius 2 is 2.10 bits per heavy atom. The highest BCUT2D eigenvalue weighted by molar-refractivity contribution is 7.99. The second-order valence-corrected chi connectivity index (χ2v) is 6.08. The highest BCUT2D eigenvalue weighted by Gasteiger charge is 2.12. The Morgan fingerprint density at radius 3 is 2.90 bits per heavy atom. The summed E-state index contributed by atoms with van der Waals surface area (Å²) in [5, 5.41) is 15.5. The molecule has 0 unspecified atom stereocenters.